The van der Waals surface area contributed by atoms with Crippen molar-refractivity contribution in [3.8, 4) is 5.75 Å². The zero-order valence-corrected chi connectivity index (χ0v) is 16.2. The normalized spacial score (nSPS) is 10.4. The van der Waals surface area contributed by atoms with Crippen molar-refractivity contribution in [2.75, 3.05) is 12.4 Å². The fourth-order valence-electron chi connectivity index (χ4n) is 2.57. The smallest absolute Gasteiger partial charge is 0.270 e. The van der Waals surface area contributed by atoms with Crippen LogP contribution in [0.3, 0.4) is 0 Å². The van der Waals surface area contributed by atoms with Crippen molar-refractivity contribution in [2.24, 2.45) is 0 Å². The second kappa shape index (κ2) is 8.58. The molecule has 0 unspecified atom stereocenters. The number of anilines is 1. The number of methoxy groups -OCH3 is 1. The van der Waals surface area contributed by atoms with Crippen LogP contribution in [-0.2, 0) is 0 Å². The number of amides is 1. The molecule has 6 nitrogen and oxygen atoms in total. The van der Waals surface area contributed by atoms with Crippen LogP contribution in [-0.4, -0.2) is 17.9 Å². The predicted octanol–water partition coefficient (Wildman–Crippen LogP) is 5.32. The first-order chi connectivity index (χ1) is 13.5. The monoisotopic (exact) mass is 394 g/mol. The summed E-state index contributed by atoms with van der Waals surface area (Å²) in [6, 6.07) is 19.1. The third-order valence-corrected chi connectivity index (χ3v) is 5.11. The number of hydrogen-bond donors (Lipinski definition) is 1. The van der Waals surface area contributed by atoms with Crippen LogP contribution in [0.25, 0.3) is 0 Å². The van der Waals surface area contributed by atoms with E-state index in [1.165, 1.54) is 31.0 Å². The van der Waals surface area contributed by atoms with E-state index < -0.39 is 10.8 Å². The van der Waals surface area contributed by atoms with Crippen LogP contribution in [0.1, 0.15) is 15.9 Å². The molecule has 1 N–H and O–H groups in total. The highest BCUT2D eigenvalue weighted by molar-refractivity contribution is 7.99. The Hall–Kier alpha value is -3.32. The second-order valence-electron chi connectivity index (χ2n) is 6.01. The first-order valence-corrected chi connectivity index (χ1v) is 9.27. The molecular formula is C21H18N2O4S. The first kappa shape index (κ1) is 19.4. The van der Waals surface area contributed by atoms with Crippen molar-refractivity contribution >= 4 is 29.0 Å². The van der Waals surface area contributed by atoms with Gasteiger partial charge in [-0.1, -0.05) is 41.6 Å². The van der Waals surface area contributed by atoms with E-state index in [-0.39, 0.29) is 11.3 Å². The van der Waals surface area contributed by atoms with E-state index in [1.807, 2.05) is 31.2 Å². The molecule has 0 fully saturated rings. The number of para-hydroxylation sites is 2. The molecule has 3 rings (SSSR count). The lowest BCUT2D eigenvalue weighted by atomic mass is 10.1. The molecule has 0 aliphatic carbocycles. The molecular weight excluding hydrogens is 376 g/mol. The summed E-state index contributed by atoms with van der Waals surface area (Å²) in [5.74, 6) is 0.0665. The van der Waals surface area contributed by atoms with Gasteiger partial charge < -0.3 is 10.1 Å². The number of aryl methyl sites for hydroxylation is 1. The lowest BCUT2D eigenvalue weighted by molar-refractivity contribution is -0.384. The van der Waals surface area contributed by atoms with E-state index in [1.54, 1.807) is 30.3 Å². The molecule has 0 radical (unpaired) electrons. The molecule has 0 heterocycles. The third-order valence-electron chi connectivity index (χ3n) is 4.02. The van der Waals surface area contributed by atoms with Gasteiger partial charge in [0.05, 0.1) is 23.3 Å². The van der Waals surface area contributed by atoms with Crippen molar-refractivity contribution in [1.82, 2.24) is 0 Å². The molecule has 7 heteroatoms. The molecule has 142 valence electrons. The quantitative estimate of drug-likeness (QED) is 0.452. The molecule has 0 aromatic heterocycles. The van der Waals surface area contributed by atoms with Crippen molar-refractivity contribution < 1.29 is 14.5 Å². The summed E-state index contributed by atoms with van der Waals surface area (Å²) < 4.78 is 5.25. The highest BCUT2D eigenvalue weighted by Crippen LogP contribution is 2.34. The van der Waals surface area contributed by atoms with Gasteiger partial charge in [-0.25, -0.2) is 0 Å². The fourth-order valence-corrected chi connectivity index (χ4v) is 3.49. The second-order valence-corrected chi connectivity index (χ2v) is 7.12. The van der Waals surface area contributed by atoms with E-state index in [9.17, 15) is 14.9 Å². The van der Waals surface area contributed by atoms with Crippen LogP contribution in [0, 0.1) is 17.0 Å². The zero-order valence-electron chi connectivity index (χ0n) is 15.3. The number of nitro benzene ring substituents is 1. The average Bonchev–Trinajstić information content (AvgIpc) is 2.70. The summed E-state index contributed by atoms with van der Waals surface area (Å²) in [4.78, 5) is 25.2. The van der Waals surface area contributed by atoms with E-state index in [2.05, 4.69) is 5.32 Å². The number of non-ortho nitro benzene ring substituents is 1. The minimum absolute atomic E-state index is 0.140. The summed E-state index contributed by atoms with van der Waals surface area (Å²) in [5.41, 5.74) is 1.71. The molecule has 0 aliphatic rings. The molecule has 0 aliphatic heterocycles. The Bertz CT molecular complexity index is 1020. The molecule has 1 amide bonds. The number of nitrogens with one attached hydrogen (secondary N) is 1. The van der Waals surface area contributed by atoms with Gasteiger partial charge >= 0.3 is 0 Å². The van der Waals surface area contributed by atoms with Crippen molar-refractivity contribution in [3.05, 3.63) is 88.0 Å². The van der Waals surface area contributed by atoms with Crippen LogP contribution in [0.4, 0.5) is 11.4 Å². The molecule has 3 aromatic carbocycles. The van der Waals surface area contributed by atoms with Gasteiger partial charge in [0, 0.05) is 21.9 Å². The topological polar surface area (TPSA) is 81.5 Å². The zero-order chi connectivity index (χ0) is 20.1. The number of carbonyl (C=O) groups is 1. The molecule has 28 heavy (non-hydrogen) atoms. The van der Waals surface area contributed by atoms with Crippen molar-refractivity contribution in [3.63, 3.8) is 0 Å². The summed E-state index contributed by atoms with van der Waals surface area (Å²) in [7, 11) is 1.51. The Balaban J connectivity index is 1.96. The number of benzene rings is 3. The van der Waals surface area contributed by atoms with Crippen LogP contribution in [0.2, 0.25) is 0 Å². The maximum absolute atomic E-state index is 12.9. The Morgan fingerprint density at radius 3 is 2.46 bits per heavy atom. The lowest BCUT2D eigenvalue weighted by Crippen LogP contribution is -2.14. The minimum atomic E-state index is -0.514. The first-order valence-electron chi connectivity index (χ1n) is 8.45. The van der Waals surface area contributed by atoms with Gasteiger partial charge in [0.15, 0.2) is 0 Å². The van der Waals surface area contributed by atoms with Gasteiger partial charge in [-0.3, -0.25) is 14.9 Å². The van der Waals surface area contributed by atoms with Gasteiger partial charge in [0.25, 0.3) is 11.6 Å². The van der Waals surface area contributed by atoms with Crippen LogP contribution in [0.15, 0.2) is 76.5 Å². The Morgan fingerprint density at radius 2 is 1.79 bits per heavy atom. The average molecular weight is 394 g/mol. The Labute approximate surface area is 166 Å². The fraction of sp³-hybridized carbons (Fsp3) is 0.0952. The summed E-state index contributed by atoms with van der Waals surface area (Å²) in [6.07, 6.45) is 0. The number of carbonyl (C=O) groups excluding carboxylic acids is 1. The van der Waals surface area contributed by atoms with Gasteiger partial charge in [0.1, 0.15) is 5.75 Å². The van der Waals surface area contributed by atoms with Crippen molar-refractivity contribution in [1.29, 1.82) is 0 Å². The number of nitrogens with zero attached hydrogens (tertiary/aromatic N) is 1. The SMILES string of the molecule is COc1ccccc1NC(=O)c1cc([N+](=O)[O-])ccc1Sc1ccc(C)cc1. The van der Waals surface area contributed by atoms with Crippen LogP contribution >= 0.6 is 11.8 Å². The summed E-state index contributed by atoms with van der Waals surface area (Å²) >= 11 is 1.38. The Kier molecular flexibility index (Phi) is 5.96. The number of ether oxygens (including phenoxy) is 1. The van der Waals surface area contributed by atoms with E-state index >= 15 is 0 Å². The van der Waals surface area contributed by atoms with E-state index in [0.717, 1.165) is 10.5 Å². The van der Waals surface area contributed by atoms with Gasteiger partial charge in [-0.15, -0.1) is 0 Å². The van der Waals surface area contributed by atoms with E-state index in [4.69, 9.17) is 4.74 Å². The van der Waals surface area contributed by atoms with E-state index in [0.29, 0.717) is 16.3 Å². The summed E-state index contributed by atoms with van der Waals surface area (Å²) in [6.45, 7) is 1.99. The molecule has 0 spiro atoms. The van der Waals surface area contributed by atoms with Crippen molar-refractivity contribution in [2.45, 2.75) is 16.7 Å². The predicted molar refractivity (Wildman–Crippen MR) is 109 cm³/mol. The molecule has 0 bridgehead atoms. The molecule has 0 saturated heterocycles. The highest BCUT2D eigenvalue weighted by atomic mass is 32.2. The molecule has 3 aromatic rings. The maximum atomic E-state index is 12.9. The largest absolute Gasteiger partial charge is 0.495 e. The van der Waals surface area contributed by atoms with Gasteiger partial charge in [-0.2, -0.15) is 0 Å². The maximum Gasteiger partial charge on any atom is 0.270 e. The van der Waals surface area contributed by atoms with Gasteiger partial charge in [0.2, 0.25) is 0 Å². The molecule has 0 atom stereocenters. The number of rotatable bonds is 6. The molecule has 0 saturated carbocycles. The highest BCUT2D eigenvalue weighted by Gasteiger charge is 2.19. The summed E-state index contributed by atoms with van der Waals surface area (Å²) in [5, 5.41) is 14.0. The third kappa shape index (κ3) is 4.50. The lowest BCUT2D eigenvalue weighted by Gasteiger charge is -2.12. The van der Waals surface area contributed by atoms with Crippen LogP contribution in [0.5, 0.6) is 5.75 Å². The number of hydrogen-bond acceptors (Lipinski definition) is 5. The Morgan fingerprint density at radius 1 is 1.07 bits per heavy atom. The minimum Gasteiger partial charge on any atom is -0.495 e. The van der Waals surface area contributed by atoms with Gasteiger partial charge in [-0.05, 0) is 37.3 Å². The standard InChI is InChI=1S/C21H18N2O4S/c1-14-7-10-16(11-8-14)28-20-12-9-15(23(25)26)13-17(20)21(24)22-18-5-3-4-6-19(18)27-2/h3-13H,1-2H3,(H,22,24). The van der Waals surface area contributed by atoms with Crippen LogP contribution < -0.4 is 10.1 Å². The number of nitro groups is 1.